The molecule has 0 amide bonds. The summed E-state index contributed by atoms with van der Waals surface area (Å²) in [5.74, 6) is 0. The topological polar surface area (TPSA) is 17.8 Å². The highest BCUT2D eigenvalue weighted by molar-refractivity contribution is 5.79. The summed E-state index contributed by atoms with van der Waals surface area (Å²) in [4.78, 5) is 0. The highest BCUT2D eigenvalue weighted by Gasteiger charge is 1.96. The van der Waals surface area contributed by atoms with Gasteiger partial charge in [0.15, 0.2) is 0 Å². The van der Waals surface area contributed by atoms with Gasteiger partial charge in [-0.25, -0.2) is 0 Å². The molecule has 0 fully saturated rings. The summed E-state index contributed by atoms with van der Waals surface area (Å²) in [6.07, 6.45) is 3.13. The van der Waals surface area contributed by atoms with Crippen molar-refractivity contribution in [2.45, 2.75) is 27.2 Å². The Morgan fingerprint density at radius 3 is 2.57 bits per heavy atom. The molecule has 2 heteroatoms. The molecule has 1 aromatic carbocycles. The zero-order valence-corrected chi connectivity index (χ0v) is 9.41. The van der Waals surface area contributed by atoms with Gasteiger partial charge in [0.05, 0.1) is 11.7 Å². The second-order valence-electron chi connectivity index (χ2n) is 3.54. The molecule has 0 aliphatic heterocycles. The van der Waals surface area contributed by atoms with Crippen LogP contribution in [-0.4, -0.2) is 9.78 Å². The molecule has 0 atom stereocenters. The van der Waals surface area contributed by atoms with Crippen molar-refractivity contribution >= 4 is 10.9 Å². The predicted molar refractivity (Wildman–Crippen MR) is 61.4 cm³/mol. The standard InChI is InChI=1S/C9H10N2.C3H8/c1-7-3-4-8-6-10-11(2)9(8)5-7;1-3-2/h3-6H,1-2H3;3H2,1-2H3. The second-order valence-corrected chi connectivity index (χ2v) is 3.54. The van der Waals surface area contributed by atoms with Crippen molar-refractivity contribution in [3.63, 3.8) is 0 Å². The van der Waals surface area contributed by atoms with Gasteiger partial charge in [0.2, 0.25) is 0 Å². The number of benzene rings is 1. The lowest BCUT2D eigenvalue weighted by Gasteiger charge is -1.94. The molecule has 0 aliphatic rings. The fourth-order valence-electron chi connectivity index (χ4n) is 1.25. The zero-order valence-electron chi connectivity index (χ0n) is 9.41. The normalized spacial score (nSPS) is 9.71. The second kappa shape index (κ2) is 4.80. The van der Waals surface area contributed by atoms with E-state index in [1.807, 2.05) is 17.9 Å². The fraction of sp³-hybridized carbons (Fsp3) is 0.417. The third-order valence-corrected chi connectivity index (χ3v) is 1.90. The first kappa shape index (κ1) is 10.8. The molecule has 0 aliphatic carbocycles. The Hall–Kier alpha value is -1.31. The maximum Gasteiger partial charge on any atom is 0.0681 e. The minimum Gasteiger partial charge on any atom is -0.268 e. The molecule has 76 valence electrons. The monoisotopic (exact) mass is 190 g/mol. The number of nitrogens with zero attached hydrogens (tertiary/aromatic N) is 2. The van der Waals surface area contributed by atoms with E-state index in [0.717, 1.165) is 0 Å². The van der Waals surface area contributed by atoms with Crippen LogP contribution >= 0.6 is 0 Å². The average Bonchev–Trinajstić information content (AvgIpc) is 2.49. The molecular formula is C12H18N2. The van der Waals surface area contributed by atoms with Crippen LogP contribution in [0.25, 0.3) is 10.9 Å². The number of hydrogen-bond acceptors (Lipinski definition) is 1. The van der Waals surface area contributed by atoms with Crippen LogP contribution in [0.2, 0.25) is 0 Å². The molecule has 14 heavy (non-hydrogen) atoms. The zero-order chi connectivity index (χ0) is 10.6. The van der Waals surface area contributed by atoms with Gasteiger partial charge in [0.1, 0.15) is 0 Å². The first-order valence-electron chi connectivity index (χ1n) is 5.07. The Balaban J connectivity index is 0.000000293. The number of aromatic nitrogens is 2. The first-order chi connectivity index (χ1) is 6.69. The van der Waals surface area contributed by atoms with Crippen LogP contribution in [0.3, 0.4) is 0 Å². The van der Waals surface area contributed by atoms with Crippen molar-refractivity contribution in [1.29, 1.82) is 0 Å². The quantitative estimate of drug-likeness (QED) is 0.623. The van der Waals surface area contributed by atoms with Crippen molar-refractivity contribution in [2.24, 2.45) is 7.05 Å². The van der Waals surface area contributed by atoms with Crippen LogP contribution in [-0.2, 0) is 7.05 Å². The van der Waals surface area contributed by atoms with E-state index >= 15 is 0 Å². The van der Waals surface area contributed by atoms with Crippen LogP contribution in [0.15, 0.2) is 24.4 Å². The Morgan fingerprint density at radius 2 is 1.93 bits per heavy atom. The summed E-state index contributed by atoms with van der Waals surface area (Å²) in [6, 6.07) is 6.34. The molecule has 0 bridgehead atoms. The van der Waals surface area contributed by atoms with E-state index in [4.69, 9.17) is 0 Å². The minimum atomic E-state index is 1.20. The minimum absolute atomic E-state index is 1.20. The van der Waals surface area contributed by atoms with Crippen molar-refractivity contribution in [1.82, 2.24) is 9.78 Å². The molecule has 1 heterocycles. The Bertz CT molecular complexity index is 402. The molecule has 0 saturated carbocycles. The van der Waals surface area contributed by atoms with E-state index in [9.17, 15) is 0 Å². The lowest BCUT2D eigenvalue weighted by atomic mass is 10.2. The average molecular weight is 190 g/mol. The van der Waals surface area contributed by atoms with Crippen molar-refractivity contribution in [3.8, 4) is 0 Å². The van der Waals surface area contributed by atoms with E-state index in [1.54, 1.807) is 0 Å². The van der Waals surface area contributed by atoms with E-state index < -0.39 is 0 Å². The smallest absolute Gasteiger partial charge is 0.0681 e. The van der Waals surface area contributed by atoms with Gasteiger partial charge in [0.25, 0.3) is 0 Å². The Morgan fingerprint density at radius 1 is 1.29 bits per heavy atom. The first-order valence-corrected chi connectivity index (χ1v) is 5.07. The molecule has 2 rings (SSSR count). The van der Waals surface area contributed by atoms with E-state index in [-0.39, 0.29) is 0 Å². The molecule has 2 aromatic rings. The van der Waals surface area contributed by atoms with E-state index in [1.165, 1.54) is 22.9 Å². The SMILES string of the molecule is CCC.Cc1ccc2cnn(C)c2c1. The summed E-state index contributed by atoms with van der Waals surface area (Å²) in [6.45, 7) is 6.34. The summed E-state index contributed by atoms with van der Waals surface area (Å²) < 4.78 is 1.89. The molecule has 1 aromatic heterocycles. The molecule has 0 N–H and O–H groups in total. The van der Waals surface area contributed by atoms with Crippen molar-refractivity contribution in [2.75, 3.05) is 0 Å². The molecule has 0 spiro atoms. The molecular weight excluding hydrogens is 172 g/mol. The van der Waals surface area contributed by atoms with Crippen LogP contribution in [0.1, 0.15) is 25.8 Å². The lowest BCUT2D eigenvalue weighted by molar-refractivity contribution is 0.796. The molecule has 2 nitrogen and oxygen atoms in total. The number of hydrogen-bond donors (Lipinski definition) is 0. The third kappa shape index (κ3) is 2.34. The van der Waals surface area contributed by atoms with Gasteiger partial charge in [-0.2, -0.15) is 5.10 Å². The van der Waals surface area contributed by atoms with Gasteiger partial charge in [-0.15, -0.1) is 0 Å². The van der Waals surface area contributed by atoms with Gasteiger partial charge in [-0.1, -0.05) is 32.4 Å². The van der Waals surface area contributed by atoms with E-state index in [0.29, 0.717) is 0 Å². The Kier molecular flexibility index (Phi) is 3.69. The number of fused-ring (bicyclic) bond motifs is 1. The van der Waals surface area contributed by atoms with Crippen LogP contribution < -0.4 is 0 Å². The lowest BCUT2D eigenvalue weighted by Crippen LogP contribution is -1.88. The third-order valence-electron chi connectivity index (χ3n) is 1.90. The van der Waals surface area contributed by atoms with Gasteiger partial charge >= 0.3 is 0 Å². The summed E-state index contributed by atoms with van der Waals surface area (Å²) >= 11 is 0. The van der Waals surface area contributed by atoms with Crippen LogP contribution in [0.4, 0.5) is 0 Å². The summed E-state index contributed by atoms with van der Waals surface area (Å²) in [5, 5.41) is 5.36. The van der Waals surface area contributed by atoms with Crippen LogP contribution in [0, 0.1) is 6.92 Å². The highest BCUT2D eigenvalue weighted by Crippen LogP contribution is 2.13. The number of aryl methyl sites for hydroxylation is 2. The predicted octanol–water partition coefficient (Wildman–Crippen LogP) is 3.30. The van der Waals surface area contributed by atoms with E-state index in [2.05, 4.69) is 44.1 Å². The molecule has 0 unspecified atom stereocenters. The van der Waals surface area contributed by atoms with Crippen molar-refractivity contribution in [3.05, 3.63) is 30.0 Å². The van der Waals surface area contributed by atoms with Crippen molar-refractivity contribution < 1.29 is 0 Å². The maximum absolute atomic E-state index is 4.15. The summed E-state index contributed by atoms with van der Waals surface area (Å²) in [5.41, 5.74) is 2.48. The van der Waals surface area contributed by atoms with Gasteiger partial charge in [-0.05, 0) is 18.6 Å². The maximum atomic E-state index is 4.15. The molecule has 0 saturated heterocycles. The Labute approximate surface area is 85.6 Å². The van der Waals surface area contributed by atoms with Gasteiger partial charge in [0, 0.05) is 12.4 Å². The number of rotatable bonds is 0. The highest BCUT2D eigenvalue weighted by atomic mass is 15.2. The largest absolute Gasteiger partial charge is 0.268 e. The summed E-state index contributed by atoms with van der Waals surface area (Å²) in [7, 11) is 1.96. The van der Waals surface area contributed by atoms with Gasteiger partial charge in [-0.3, -0.25) is 4.68 Å². The fourth-order valence-corrected chi connectivity index (χ4v) is 1.25. The van der Waals surface area contributed by atoms with Crippen LogP contribution in [0.5, 0.6) is 0 Å². The molecule has 0 radical (unpaired) electrons. The van der Waals surface area contributed by atoms with Gasteiger partial charge < -0.3 is 0 Å².